The third kappa shape index (κ3) is 3.19. The molecule has 0 atom stereocenters. The van der Waals surface area contributed by atoms with Gasteiger partial charge in [-0.05, 0) is 38.1 Å². The van der Waals surface area contributed by atoms with Crippen molar-refractivity contribution in [2.75, 3.05) is 7.11 Å². The molecule has 0 unspecified atom stereocenters. The van der Waals surface area contributed by atoms with Gasteiger partial charge in [0.1, 0.15) is 11.6 Å². The maximum absolute atomic E-state index is 13.3. The standard InChI is InChI=1S/C14H15FN2O2/c1-9(2)19-14-7-5-12(16-17-14)11-8-10(15)4-6-13(11)18-3/h4-9H,1-3H3. The molecular formula is C14H15FN2O2. The zero-order valence-corrected chi connectivity index (χ0v) is 11.1. The van der Waals surface area contributed by atoms with Crippen molar-refractivity contribution >= 4 is 0 Å². The van der Waals surface area contributed by atoms with Gasteiger partial charge in [0.25, 0.3) is 0 Å². The molecular weight excluding hydrogens is 247 g/mol. The number of rotatable bonds is 4. The Morgan fingerprint density at radius 2 is 1.89 bits per heavy atom. The Kier molecular flexibility index (Phi) is 3.94. The number of halogens is 1. The molecule has 1 heterocycles. The summed E-state index contributed by atoms with van der Waals surface area (Å²) < 4.78 is 23.9. The van der Waals surface area contributed by atoms with E-state index in [1.54, 1.807) is 18.2 Å². The summed E-state index contributed by atoms with van der Waals surface area (Å²) in [5.41, 5.74) is 1.10. The van der Waals surface area contributed by atoms with Crippen molar-refractivity contribution in [1.29, 1.82) is 0 Å². The van der Waals surface area contributed by atoms with Crippen LogP contribution in [0.2, 0.25) is 0 Å². The molecule has 5 heteroatoms. The average molecular weight is 262 g/mol. The van der Waals surface area contributed by atoms with Crippen molar-refractivity contribution in [2.24, 2.45) is 0 Å². The summed E-state index contributed by atoms with van der Waals surface area (Å²) in [4.78, 5) is 0. The summed E-state index contributed by atoms with van der Waals surface area (Å²) >= 11 is 0. The van der Waals surface area contributed by atoms with Crippen LogP contribution in [-0.4, -0.2) is 23.4 Å². The van der Waals surface area contributed by atoms with Crippen molar-refractivity contribution in [1.82, 2.24) is 10.2 Å². The van der Waals surface area contributed by atoms with Crippen molar-refractivity contribution in [3.05, 3.63) is 36.1 Å². The van der Waals surface area contributed by atoms with Gasteiger partial charge in [0.05, 0.1) is 18.9 Å². The number of methoxy groups -OCH3 is 1. The minimum atomic E-state index is -0.347. The lowest BCUT2D eigenvalue weighted by Crippen LogP contribution is -2.07. The first-order valence-electron chi connectivity index (χ1n) is 5.94. The largest absolute Gasteiger partial charge is 0.496 e. The van der Waals surface area contributed by atoms with Crippen LogP contribution >= 0.6 is 0 Å². The fourth-order valence-electron chi connectivity index (χ4n) is 1.65. The van der Waals surface area contributed by atoms with Gasteiger partial charge in [0.15, 0.2) is 0 Å². The van der Waals surface area contributed by atoms with E-state index in [0.29, 0.717) is 22.9 Å². The van der Waals surface area contributed by atoms with Crippen LogP contribution in [0, 0.1) is 5.82 Å². The van der Waals surface area contributed by atoms with Gasteiger partial charge < -0.3 is 9.47 Å². The molecule has 0 bridgehead atoms. The first kappa shape index (κ1) is 13.3. The molecule has 0 fully saturated rings. The predicted octanol–water partition coefficient (Wildman–Crippen LogP) is 3.08. The molecule has 0 aliphatic heterocycles. The number of hydrogen-bond acceptors (Lipinski definition) is 4. The zero-order valence-electron chi connectivity index (χ0n) is 11.1. The molecule has 19 heavy (non-hydrogen) atoms. The van der Waals surface area contributed by atoms with Crippen LogP contribution < -0.4 is 9.47 Å². The molecule has 0 saturated carbocycles. The van der Waals surface area contributed by atoms with Crippen LogP contribution in [0.25, 0.3) is 11.3 Å². The number of benzene rings is 1. The van der Waals surface area contributed by atoms with Crippen LogP contribution in [0.3, 0.4) is 0 Å². The third-order valence-corrected chi connectivity index (χ3v) is 2.43. The molecule has 4 nitrogen and oxygen atoms in total. The molecule has 0 N–H and O–H groups in total. The fourth-order valence-corrected chi connectivity index (χ4v) is 1.65. The molecule has 2 aromatic rings. The van der Waals surface area contributed by atoms with E-state index in [2.05, 4.69) is 10.2 Å². The van der Waals surface area contributed by atoms with Crippen molar-refractivity contribution in [3.63, 3.8) is 0 Å². The summed E-state index contributed by atoms with van der Waals surface area (Å²) in [6.07, 6.45) is 0.0313. The zero-order chi connectivity index (χ0) is 13.8. The van der Waals surface area contributed by atoms with Crippen LogP contribution in [0.4, 0.5) is 4.39 Å². The van der Waals surface area contributed by atoms with Gasteiger partial charge in [0, 0.05) is 11.6 Å². The van der Waals surface area contributed by atoms with Crippen molar-refractivity contribution in [2.45, 2.75) is 20.0 Å². The maximum atomic E-state index is 13.3. The summed E-state index contributed by atoms with van der Waals surface area (Å²) in [6.45, 7) is 3.82. The Morgan fingerprint density at radius 1 is 1.11 bits per heavy atom. The van der Waals surface area contributed by atoms with Crippen LogP contribution in [0.1, 0.15) is 13.8 Å². The van der Waals surface area contributed by atoms with Gasteiger partial charge in [0.2, 0.25) is 5.88 Å². The smallest absolute Gasteiger partial charge is 0.233 e. The van der Waals surface area contributed by atoms with Gasteiger partial charge in [-0.3, -0.25) is 0 Å². The van der Waals surface area contributed by atoms with E-state index in [1.807, 2.05) is 13.8 Å². The lowest BCUT2D eigenvalue weighted by atomic mass is 10.1. The highest BCUT2D eigenvalue weighted by atomic mass is 19.1. The Bertz CT molecular complexity index is 556. The van der Waals surface area contributed by atoms with Gasteiger partial charge >= 0.3 is 0 Å². The normalized spacial score (nSPS) is 10.6. The first-order chi connectivity index (χ1) is 9.10. The summed E-state index contributed by atoms with van der Waals surface area (Å²) in [5.74, 6) is 0.641. The highest BCUT2D eigenvalue weighted by Gasteiger charge is 2.10. The van der Waals surface area contributed by atoms with E-state index in [1.165, 1.54) is 19.2 Å². The second kappa shape index (κ2) is 5.65. The van der Waals surface area contributed by atoms with Gasteiger partial charge in [-0.2, -0.15) is 0 Å². The van der Waals surface area contributed by atoms with Gasteiger partial charge in [-0.25, -0.2) is 4.39 Å². The molecule has 0 aliphatic carbocycles. The molecule has 0 radical (unpaired) electrons. The minimum Gasteiger partial charge on any atom is -0.496 e. The van der Waals surface area contributed by atoms with Crippen LogP contribution in [0.15, 0.2) is 30.3 Å². The Labute approximate surface area is 111 Å². The summed E-state index contributed by atoms with van der Waals surface area (Å²) in [5, 5.41) is 7.98. The maximum Gasteiger partial charge on any atom is 0.233 e. The van der Waals surface area contributed by atoms with Crippen LogP contribution in [-0.2, 0) is 0 Å². The monoisotopic (exact) mass is 262 g/mol. The summed E-state index contributed by atoms with van der Waals surface area (Å²) in [7, 11) is 1.53. The van der Waals surface area contributed by atoms with E-state index in [0.717, 1.165) is 0 Å². The van der Waals surface area contributed by atoms with Crippen molar-refractivity contribution in [3.8, 4) is 22.9 Å². The molecule has 0 saturated heterocycles. The highest BCUT2D eigenvalue weighted by molar-refractivity contribution is 5.66. The minimum absolute atomic E-state index is 0.0313. The fraction of sp³-hybridized carbons (Fsp3) is 0.286. The topological polar surface area (TPSA) is 44.2 Å². The van der Waals surface area contributed by atoms with Gasteiger partial charge in [-0.15, -0.1) is 10.2 Å². The van der Waals surface area contributed by atoms with Gasteiger partial charge in [-0.1, -0.05) is 0 Å². The third-order valence-electron chi connectivity index (χ3n) is 2.43. The lowest BCUT2D eigenvalue weighted by Gasteiger charge is -2.10. The Balaban J connectivity index is 2.34. The molecule has 2 rings (SSSR count). The first-order valence-corrected chi connectivity index (χ1v) is 5.94. The lowest BCUT2D eigenvalue weighted by molar-refractivity contribution is 0.230. The second-order valence-electron chi connectivity index (χ2n) is 4.27. The van der Waals surface area contributed by atoms with E-state index in [9.17, 15) is 4.39 Å². The second-order valence-corrected chi connectivity index (χ2v) is 4.27. The molecule has 1 aromatic carbocycles. The van der Waals surface area contributed by atoms with E-state index in [4.69, 9.17) is 9.47 Å². The highest BCUT2D eigenvalue weighted by Crippen LogP contribution is 2.29. The molecule has 0 amide bonds. The van der Waals surface area contributed by atoms with E-state index in [-0.39, 0.29) is 11.9 Å². The van der Waals surface area contributed by atoms with E-state index >= 15 is 0 Å². The molecule has 1 aromatic heterocycles. The number of nitrogens with zero attached hydrogens (tertiary/aromatic N) is 2. The molecule has 0 aliphatic rings. The Hall–Kier alpha value is -2.17. The molecule has 0 spiro atoms. The average Bonchev–Trinajstić information content (AvgIpc) is 2.39. The number of hydrogen-bond donors (Lipinski definition) is 0. The van der Waals surface area contributed by atoms with Crippen LogP contribution in [0.5, 0.6) is 11.6 Å². The quantitative estimate of drug-likeness (QED) is 0.849. The predicted molar refractivity (Wildman–Crippen MR) is 69.7 cm³/mol. The molecule has 100 valence electrons. The SMILES string of the molecule is COc1ccc(F)cc1-c1ccc(OC(C)C)nn1. The Morgan fingerprint density at radius 3 is 2.47 bits per heavy atom. The van der Waals surface area contributed by atoms with E-state index < -0.39 is 0 Å². The number of ether oxygens (including phenoxy) is 2. The van der Waals surface area contributed by atoms with Crippen molar-refractivity contribution < 1.29 is 13.9 Å². The summed E-state index contributed by atoms with van der Waals surface area (Å²) in [6, 6.07) is 7.69. The number of aromatic nitrogens is 2.